The fourth-order valence-electron chi connectivity index (χ4n) is 3.50. The van der Waals surface area contributed by atoms with Gasteiger partial charge in [-0.3, -0.25) is 19.1 Å². The standard InChI is InChI=1S/C26H25N5O2S/c1-16-5-10-23(15-17(16)2)31-25(21-11-13-27-14-12-21)29-30-26(31)34-18(3)24(33)20-6-8-22(9-7-20)28-19(4)32/h5-15,18H,1-4H3,(H,28,32). The molecule has 2 heterocycles. The normalized spacial score (nSPS) is 11.8. The fraction of sp³-hybridized carbons (Fsp3) is 0.192. The van der Waals surface area contributed by atoms with E-state index in [1.165, 1.54) is 24.2 Å². The number of nitrogens with zero attached hydrogens (tertiary/aromatic N) is 4. The minimum absolute atomic E-state index is 0.0283. The number of anilines is 1. The molecule has 0 aliphatic rings. The Kier molecular flexibility index (Phi) is 6.88. The molecule has 0 saturated heterocycles. The summed E-state index contributed by atoms with van der Waals surface area (Å²) in [5, 5.41) is 11.8. The van der Waals surface area contributed by atoms with Gasteiger partial charge >= 0.3 is 0 Å². The summed E-state index contributed by atoms with van der Waals surface area (Å²) in [5.41, 5.74) is 5.40. The lowest BCUT2D eigenvalue weighted by Crippen LogP contribution is -2.15. The third kappa shape index (κ3) is 5.07. The van der Waals surface area contributed by atoms with Crippen molar-refractivity contribution in [3.8, 4) is 17.1 Å². The number of rotatable bonds is 7. The number of ketones is 1. The number of Topliss-reactive ketones (excluding diaryl/α,β-unsaturated/α-hetero) is 1. The van der Waals surface area contributed by atoms with Gasteiger partial charge in [-0.2, -0.15) is 0 Å². The Labute approximate surface area is 202 Å². The maximum Gasteiger partial charge on any atom is 0.221 e. The zero-order valence-electron chi connectivity index (χ0n) is 19.4. The zero-order valence-corrected chi connectivity index (χ0v) is 20.3. The van der Waals surface area contributed by atoms with E-state index < -0.39 is 5.25 Å². The van der Waals surface area contributed by atoms with E-state index in [9.17, 15) is 9.59 Å². The van der Waals surface area contributed by atoms with E-state index in [-0.39, 0.29) is 11.7 Å². The van der Waals surface area contributed by atoms with Gasteiger partial charge in [-0.1, -0.05) is 17.8 Å². The molecule has 0 aliphatic carbocycles. The molecule has 0 bridgehead atoms. The van der Waals surface area contributed by atoms with Gasteiger partial charge in [-0.15, -0.1) is 10.2 Å². The number of hydrogen-bond donors (Lipinski definition) is 1. The lowest BCUT2D eigenvalue weighted by Gasteiger charge is -2.14. The van der Waals surface area contributed by atoms with Gasteiger partial charge in [0.1, 0.15) is 0 Å². The first-order valence-corrected chi connectivity index (χ1v) is 11.7. The molecule has 0 fully saturated rings. The van der Waals surface area contributed by atoms with Gasteiger partial charge < -0.3 is 5.32 Å². The summed E-state index contributed by atoms with van der Waals surface area (Å²) in [7, 11) is 0. The topological polar surface area (TPSA) is 89.8 Å². The van der Waals surface area contributed by atoms with Gasteiger partial charge in [0, 0.05) is 36.1 Å². The predicted octanol–water partition coefficient (Wildman–Crippen LogP) is 5.27. The highest BCUT2D eigenvalue weighted by molar-refractivity contribution is 8.00. The number of pyridine rings is 1. The van der Waals surface area contributed by atoms with Crippen molar-refractivity contribution in [2.24, 2.45) is 0 Å². The minimum Gasteiger partial charge on any atom is -0.326 e. The Morgan fingerprint density at radius 3 is 2.29 bits per heavy atom. The smallest absolute Gasteiger partial charge is 0.221 e. The molecule has 0 radical (unpaired) electrons. The average molecular weight is 472 g/mol. The van der Waals surface area contributed by atoms with Crippen LogP contribution in [0.4, 0.5) is 5.69 Å². The Morgan fingerprint density at radius 2 is 1.65 bits per heavy atom. The van der Waals surface area contributed by atoms with E-state index in [4.69, 9.17) is 0 Å². The van der Waals surface area contributed by atoms with Crippen LogP contribution in [0.2, 0.25) is 0 Å². The molecule has 2 aromatic carbocycles. The van der Waals surface area contributed by atoms with Crippen LogP contribution in [-0.4, -0.2) is 36.7 Å². The quantitative estimate of drug-likeness (QED) is 0.292. The Bertz CT molecular complexity index is 1330. The highest BCUT2D eigenvalue weighted by Crippen LogP contribution is 2.32. The summed E-state index contributed by atoms with van der Waals surface area (Å²) in [6.45, 7) is 7.45. The molecule has 1 unspecified atom stereocenters. The molecule has 4 rings (SSSR count). The number of thioether (sulfide) groups is 1. The summed E-state index contributed by atoms with van der Waals surface area (Å²) in [6.07, 6.45) is 3.44. The van der Waals surface area contributed by atoms with Crippen molar-refractivity contribution in [1.29, 1.82) is 0 Å². The Balaban J connectivity index is 1.66. The van der Waals surface area contributed by atoms with Crippen LogP contribution in [0.1, 0.15) is 35.3 Å². The highest BCUT2D eigenvalue weighted by atomic mass is 32.2. The van der Waals surface area contributed by atoms with Gasteiger partial charge in [0.25, 0.3) is 0 Å². The van der Waals surface area contributed by atoms with Crippen molar-refractivity contribution in [3.05, 3.63) is 83.7 Å². The monoisotopic (exact) mass is 471 g/mol. The molecule has 172 valence electrons. The van der Waals surface area contributed by atoms with Crippen molar-refractivity contribution in [2.45, 2.75) is 38.1 Å². The highest BCUT2D eigenvalue weighted by Gasteiger charge is 2.23. The first-order chi connectivity index (χ1) is 16.3. The van der Waals surface area contributed by atoms with Crippen LogP contribution in [-0.2, 0) is 4.79 Å². The lowest BCUT2D eigenvalue weighted by molar-refractivity contribution is -0.114. The van der Waals surface area contributed by atoms with Crippen LogP contribution in [0, 0.1) is 13.8 Å². The average Bonchev–Trinajstić information content (AvgIpc) is 3.24. The molecule has 2 aromatic heterocycles. The van der Waals surface area contributed by atoms with Crippen molar-refractivity contribution in [1.82, 2.24) is 19.7 Å². The van der Waals surface area contributed by atoms with E-state index in [0.29, 0.717) is 22.2 Å². The summed E-state index contributed by atoms with van der Waals surface area (Å²) < 4.78 is 1.98. The number of carbonyl (C=O) groups excluding carboxylic acids is 2. The maximum absolute atomic E-state index is 13.1. The molecule has 8 heteroatoms. The van der Waals surface area contributed by atoms with Crippen LogP contribution >= 0.6 is 11.8 Å². The second kappa shape index (κ2) is 10.0. The molecule has 1 atom stereocenters. The first-order valence-electron chi connectivity index (χ1n) is 10.9. The predicted molar refractivity (Wildman–Crippen MR) is 134 cm³/mol. The van der Waals surface area contributed by atoms with Crippen molar-refractivity contribution in [3.63, 3.8) is 0 Å². The third-order valence-corrected chi connectivity index (χ3v) is 6.50. The van der Waals surface area contributed by atoms with Crippen molar-refractivity contribution < 1.29 is 9.59 Å². The van der Waals surface area contributed by atoms with Crippen molar-refractivity contribution in [2.75, 3.05) is 5.32 Å². The lowest BCUT2D eigenvalue weighted by atomic mass is 10.1. The van der Waals surface area contributed by atoms with Crippen LogP contribution < -0.4 is 5.32 Å². The Hall–Kier alpha value is -3.78. The summed E-state index contributed by atoms with van der Waals surface area (Å²) >= 11 is 1.36. The number of aryl methyl sites for hydroxylation is 2. The van der Waals surface area contributed by atoms with Crippen LogP contribution in [0.5, 0.6) is 0 Å². The van der Waals surface area contributed by atoms with E-state index in [1.54, 1.807) is 36.7 Å². The van der Waals surface area contributed by atoms with Gasteiger partial charge in [0.15, 0.2) is 16.8 Å². The zero-order chi connectivity index (χ0) is 24.2. The first kappa shape index (κ1) is 23.4. The molecular formula is C26H25N5O2S. The van der Waals surface area contributed by atoms with Gasteiger partial charge in [0.2, 0.25) is 5.91 Å². The van der Waals surface area contributed by atoms with Gasteiger partial charge in [0.05, 0.1) is 10.9 Å². The van der Waals surface area contributed by atoms with E-state index >= 15 is 0 Å². The second-order valence-electron chi connectivity index (χ2n) is 8.03. The number of benzene rings is 2. The molecule has 0 aliphatic heterocycles. The largest absolute Gasteiger partial charge is 0.326 e. The number of carbonyl (C=O) groups is 2. The molecule has 0 saturated carbocycles. The van der Waals surface area contributed by atoms with Gasteiger partial charge in [-0.05, 0) is 80.4 Å². The maximum atomic E-state index is 13.1. The fourth-order valence-corrected chi connectivity index (χ4v) is 4.44. The second-order valence-corrected chi connectivity index (χ2v) is 9.34. The number of nitrogens with one attached hydrogen (secondary N) is 1. The number of amides is 1. The molecule has 1 amide bonds. The van der Waals surface area contributed by atoms with E-state index in [1.807, 2.05) is 29.7 Å². The summed E-state index contributed by atoms with van der Waals surface area (Å²) in [6, 6.07) is 16.9. The summed E-state index contributed by atoms with van der Waals surface area (Å²) in [5.74, 6) is 0.505. The van der Waals surface area contributed by atoms with E-state index in [0.717, 1.165) is 16.8 Å². The molecule has 4 aromatic rings. The van der Waals surface area contributed by atoms with Crippen LogP contribution in [0.25, 0.3) is 17.1 Å². The number of aromatic nitrogens is 4. The van der Waals surface area contributed by atoms with Crippen LogP contribution in [0.3, 0.4) is 0 Å². The third-order valence-electron chi connectivity index (χ3n) is 5.46. The molecular weight excluding hydrogens is 446 g/mol. The molecule has 7 nitrogen and oxygen atoms in total. The Morgan fingerprint density at radius 1 is 0.941 bits per heavy atom. The summed E-state index contributed by atoms with van der Waals surface area (Å²) in [4.78, 5) is 28.5. The van der Waals surface area contributed by atoms with Crippen LogP contribution in [0.15, 0.2) is 72.1 Å². The van der Waals surface area contributed by atoms with Gasteiger partial charge in [-0.25, -0.2) is 0 Å². The molecule has 34 heavy (non-hydrogen) atoms. The SMILES string of the molecule is CC(=O)Nc1ccc(C(=O)C(C)Sc2nnc(-c3ccncc3)n2-c2ccc(C)c(C)c2)cc1. The molecule has 1 N–H and O–H groups in total. The van der Waals surface area contributed by atoms with Crippen molar-refractivity contribution >= 4 is 29.1 Å². The minimum atomic E-state index is -0.397. The van der Waals surface area contributed by atoms with E-state index in [2.05, 4.69) is 46.5 Å². The molecule has 0 spiro atoms. The number of hydrogen-bond acceptors (Lipinski definition) is 6.